The minimum atomic E-state index is -1.90. The number of nitrogens with zero attached hydrogens (tertiary/aromatic N) is 3. The lowest BCUT2D eigenvalue weighted by Crippen LogP contribution is -2.56. The highest BCUT2D eigenvalue weighted by atomic mass is 19.1. The molecule has 0 bridgehead atoms. The van der Waals surface area contributed by atoms with Crippen molar-refractivity contribution in [2.45, 2.75) is 37.9 Å². The van der Waals surface area contributed by atoms with Gasteiger partial charge in [0.2, 0.25) is 0 Å². The molecule has 4 N–H and O–H groups in total. The molecule has 10 nitrogen and oxygen atoms in total. The zero-order chi connectivity index (χ0) is 31.8. The van der Waals surface area contributed by atoms with E-state index >= 15 is 0 Å². The van der Waals surface area contributed by atoms with Crippen LogP contribution in [0.4, 0.5) is 4.39 Å². The van der Waals surface area contributed by atoms with E-state index in [1.165, 1.54) is 36.1 Å². The van der Waals surface area contributed by atoms with Crippen LogP contribution in [0.2, 0.25) is 0 Å². The quantitative estimate of drug-likeness (QED) is 0.211. The van der Waals surface area contributed by atoms with Crippen LogP contribution in [-0.2, 0) is 27.3 Å². The second-order valence-electron chi connectivity index (χ2n) is 12.1. The van der Waals surface area contributed by atoms with Gasteiger partial charge in [-0.05, 0) is 67.7 Å². The van der Waals surface area contributed by atoms with Gasteiger partial charge in [0.15, 0.2) is 0 Å². The molecule has 7 rings (SSSR count). The number of phenolic OH excluding ortho intramolecular Hbond substituents is 1. The predicted octanol–water partition coefficient (Wildman–Crippen LogP) is 3.49. The highest BCUT2D eigenvalue weighted by molar-refractivity contribution is 6.24. The molecule has 3 atom stereocenters. The first-order valence-electron chi connectivity index (χ1n) is 14.5. The Morgan fingerprint density at radius 2 is 1.98 bits per heavy atom. The number of carbonyl (C=O) groups is 3. The highest BCUT2D eigenvalue weighted by Gasteiger charge is 2.47. The first kappa shape index (κ1) is 28.5. The zero-order valence-corrected chi connectivity index (χ0v) is 24.4. The first-order valence-corrected chi connectivity index (χ1v) is 14.5. The van der Waals surface area contributed by atoms with Crippen molar-refractivity contribution in [3.05, 3.63) is 100 Å². The van der Waals surface area contributed by atoms with Crippen LogP contribution < -0.4 is 10.6 Å². The van der Waals surface area contributed by atoms with Crippen molar-refractivity contribution in [3.8, 4) is 5.75 Å². The van der Waals surface area contributed by atoms with Crippen LogP contribution in [0, 0.1) is 11.7 Å². The standard InChI is InChI=1S/C34H29FN4O6/c1-34(33(44)45,14-26(41)42)38(2)31(19-12-18-5-3-4-17-10-11-39(16-19)30(17)18)29-25(40)9-8-23-28(29)27(32(43)37-23)22-15-36-24-13-20(35)6-7-21(22)24/h3-11,13,15,19,31,36,40H,12,14,16H2,1-2H3,(H,41,42)(H,44,45)/t19?,31?,34-/m0/s1. The maximum Gasteiger partial charge on any atom is 0.324 e. The average Bonchev–Trinajstić information content (AvgIpc) is 3.69. The van der Waals surface area contributed by atoms with E-state index in [-0.39, 0.29) is 22.8 Å². The molecule has 228 valence electrons. The molecular formula is C34H29FN4O6. The van der Waals surface area contributed by atoms with Crippen molar-refractivity contribution in [1.82, 2.24) is 14.5 Å². The summed E-state index contributed by atoms with van der Waals surface area (Å²) in [5, 5.41) is 34.2. The number of hydrogen-bond donors (Lipinski definition) is 4. The van der Waals surface area contributed by atoms with Crippen molar-refractivity contribution in [2.24, 2.45) is 10.9 Å². The van der Waals surface area contributed by atoms with E-state index in [0.717, 1.165) is 16.5 Å². The van der Waals surface area contributed by atoms with E-state index in [1.54, 1.807) is 19.3 Å². The summed E-state index contributed by atoms with van der Waals surface area (Å²) in [6, 6.07) is 14.2. The molecule has 2 unspecified atom stereocenters. The summed E-state index contributed by atoms with van der Waals surface area (Å²) in [5.74, 6) is -4.19. The Kier molecular flexibility index (Phi) is 6.41. The number of H-pyrrole nitrogens is 1. The van der Waals surface area contributed by atoms with Gasteiger partial charge in [0.1, 0.15) is 17.1 Å². The van der Waals surface area contributed by atoms with Gasteiger partial charge in [-0.2, -0.15) is 0 Å². The van der Waals surface area contributed by atoms with Crippen LogP contribution in [0.15, 0.2) is 72.0 Å². The number of rotatable bonds is 8. The van der Waals surface area contributed by atoms with Gasteiger partial charge in [0.05, 0.1) is 22.9 Å². The van der Waals surface area contributed by atoms with E-state index < -0.39 is 41.7 Å². The molecule has 5 aromatic rings. The molecule has 45 heavy (non-hydrogen) atoms. The molecule has 0 spiro atoms. The number of carboxylic acids is 2. The molecule has 4 heterocycles. The number of aromatic amines is 1. The maximum absolute atomic E-state index is 14.0. The Morgan fingerprint density at radius 3 is 2.73 bits per heavy atom. The molecule has 0 fully saturated rings. The summed E-state index contributed by atoms with van der Waals surface area (Å²) >= 11 is 0. The summed E-state index contributed by atoms with van der Waals surface area (Å²) in [6.07, 6.45) is 3.33. The predicted molar refractivity (Wildman–Crippen MR) is 163 cm³/mol. The minimum absolute atomic E-state index is 0.182. The number of fused-ring (bicyclic) bond motifs is 2. The molecule has 0 radical (unpaired) electrons. The molecule has 2 aliphatic heterocycles. The van der Waals surface area contributed by atoms with E-state index in [1.807, 2.05) is 30.5 Å². The molecule has 11 heteroatoms. The molecule has 0 aliphatic carbocycles. The summed E-state index contributed by atoms with van der Waals surface area (Å²) in [6.45, 7) is 1.80. The van der Waals surface area contributed by atoms with Crippen molar-refractivity contribution in [2.75, 3.05) is 7.05 Å². The van der Waals surface area contributed by atoms with E-state index in [2.05, 4.69) is 14.5 Å². The van der Waals surface area contributed by atoms with Crippen LogP contribution >= 0.6 is 0 Å². The van der Waals surface area contributed by atoms with Crippen LogP contribution in [0.3, 0.4) is 0 Å². The highest BCUT2D eigenvalue weighted by Crippen LogP contribution is 2.42. The van der Waals surface area contributed by atoms with E-state index in [4.69, 9.17) is 0 Å². The second-order valence-corrected chi connectivity index (χ2v) is 12.1. The van der Waals surface area contributed by atoms with Gasteiger partial charge in [-0.25, -0.2) is 9.38 Å². The Morgan fingerprint density at radius 1 is 1.18 bits per heavy atom. The number of aliphatic carboxylic acids is 2. The smallest absolute Gasteiger partial charge is 0.324 e. The Bertz CT molecular complexity index is 2220. The molecule has 1 amide bonds. The lowest BCUT2D eigenvalue weighted by Gasteiger charge is -2.44. The first-order chi connectivity index (χ1) is 21.5. The third kappa shape index (κ3) is 4.33. The SMILES string of the molecule is CN(C(c1c(O)ccc2c1=C(c1c[nH]c3cc(F)ccc13)C(=O)N=2)C1Cc2cccc3ccn(c23)C1)[C@@](C)(CC(=O)O)C(=O)O. The fourth-order valence-corrected chi connectivity index (χ4v) is 7.25. The molecular weight excluding hydrogens is 579 g/mol. The molecule has 2 aliphatic rings. The Hall–Kier alpha value is -5.29. The number of phenols is 1. The number of carbonyl (C=O) groups excluding carboxylic acids is 1. The van der Waals surface area contributed by atoms with Crippen molar-refractivity contribution >= 4 is 45.2 Å². The second kappa shape index (κ2) is 10.1. The van der Waals surface area contributed by atoms with E-state index in [9.17, 15) is 34.1 Å². The topological polar surface area (TPSA) is 148 Å². The Balaban J connectivity index is 1.52. The summed E-state index contributed by atoms with van der Waals surface area (Å²) in [5.41, 5.74) is 1.58. The molecule has 2 aromatic heterocycles. The van der Waals surface area contributed by atoms with Crippen LogP contribution in [0.25, 0.3) is 27.4 Å². The lowest BCUT2D eigenvalue weighted by atomic mass is 9.80. The fraction of sp³-hybridized carbons (Fsp3) is 0.235. The average molecular weight is 609 g/mol. The molecule has 3 aromatic carbocycles. The number of aromatic nitrogens is 2. The van der Waals surface area contributed by atoms with Gasteiger partial charge in [-0.3, -0.25) is 19.3 Å². The van der Waals surface area contributed by atoms with Gasteiger partial charge in [0.25, 0.3) is 5.91 Å². The maximum atomic E-state index is 14.0. The minimum Gasteiger partial charge on any atom is -0.508 e. The third-order valence-electron chi connectivity index (χ3n) is 9.48. The van der Waals surface area contributed by atoms with E-state index in [0.29, 0.717) is 40.0 Å². The van der Waals surface area contributed by atoms with Crippen LogP contribution in [-0.4, -0.2) is 60.2 Å². The number of halogens is 1. The number of likely N-dealkylation sites (N-methyl/N-ethyl adjacent to an activating group) is 1. The Labute approximate surface area is 255 Å². The molecule has 0 saturated heterocycles. The summed E-state index contributed by atoms with van der Waals surface area (Å²) in [4.78, 5) is 47.3. The van der Waals surface area contributed by atoms with Crippen molar-refractivity contribution in [3.63, 3.8) is 0 Å². The summed E-state index contributed by atoms with van der Waals surface area (Å²) < 4.78 is 16.1. The number of amides is 1. The van der Waals surface area contributed by atoms with Crippen LogP contribution in [0.1, 0.15) is 36.1 Å². The van der Waals surface area contributed by atoms with Crippen molar-refractivity contribution in [1.29, 1.82) is 0 Å². The zero-order valence-electron chi connectivity index (χ0n) is 24.4. The van der Waals surface area contributed by atoms with Gasteiger partial charge in [-0.1, -0.05) is 18.2 Å². The third-order valence-corrected chi connectivity index (χ3v) is 9.48. The van der Waals surface area contributed by atoms with Gasteiger partial charge in [-0.15, -0.1) is 0 Å². The largest absolute Gasteiger partial charge is 0.508 e. The number of para-hydroxylation sites is 1. The van der Waals surface area contributed by atoms with Gasteiger partial charge >= 0.3 is 11.9 Å². The molecule has 0 saturated carbocycles. The van der Waals surface area contributed by atoms with Crippen molar-refractivity contribution < 1.29 is 34.1 Å². The van der Waals surface area contributed by atoms with Gasteiger partial charge in [0, 0.05) is 58.1 Å². The fourth-order valence-electron chi connectivity index (χ4n) is 7.25. The summed E-state index contributed by atoms with van der Waals surface area (Å²) in [7, 11) is 1.55. The monoisotopic (exact) mass is 608 g/mol. The lowest BCUT2D eigenvalue weighted by molar-refractivity contribution is -0.159. The van der Waals surface area contributed by atoms with Crippen LogP contribution in [0.5, 0.6) is 5.75 Å². The normalized spacial score (nSPS) is 17.8. The van der Waals surface area contributed by atoms with Gasteiger partial charge < -0.3 is 24.9 Å². The number of benzene rings is 3. The number of nitrogens with one attached hydrogen (secondary N) is 1. The number of aromatic hydroxyl groups is 1. The number of hydrogen-bond acceptors (Lipinski definition) is 5. The number of carboxylic acid groups (broad SMARTS) is 2.